The molecule has 154 valence electrons. The van der Waals surface area contributed by atoms with Gasteiger partial charge in [-0.2, -0.15) is 0 Å². The predicted molar refractivity (Wildman–Crippen MR) is 123 cm³/mol. The lowest BCUT2D eigenvalue weighted by molar-refractivity contribution is 0.186. The van der Waals surface area contributed by atoms with Crippen molar-refractivity contribution in [3.8, 4) is 5.75 Å². The number of nitrogens with zero attached hydrogens (tertiary/aromatic N) is 1. The van der Waals surface area contributed by atoms with Crippen LogP contribution >= 0.6 is 24.0 Å². The molecule has 0 aliphatic carbocycles. The minimum Gasteiger partial charge on any atom is -0.491 e. The zero-order valence-corrected chi connectivity index (χ0v) is 18.8. The highest BCUT2D eigenvalue weighted by Crippen LogP contribution is 2.19. The molecule has 0 spiro atoms. The number of nitrogens with one attached hydrogen (secondary N) is 2. The third-order valence-corrected chi connectivity index (χ3v) is 3.72. The first-order chi connectivity index (χ1) is 13.1. The number of hydrogen-bond donors (Lipinski definition) is 3. The van der Waals surface area contributed by atoms with Gasteiger partial charge in [0.25, 0.3) is 0 Å². The highest BCUT2D eigenvalue weighted by Gasteiger charge is 2.08. The number of benzene rings is 1. The van der Waals surface area contributed by atoms with Crippen LogP contribution in [0.4, 0.5) is 0 Å². The van der Waals surface area contributed by atoms with Crippen LogP contribution in [0.2, 0.25) is 0 Å². The molecule has 0 fully saturated rings. The van der Waals surface area contributed by atoms with Crippen molar-refractivity contribution in [2.24, 2.45) is 4.99 Å². The van der Waals surface area contributed by atoms with Gasteiger partial charge in [-0.1, -0.05) is 18.2 Å². The Balaban J connectivity index is 0.00000392. The molecule has 6 nitrogen and oxygen atoms in total. The van der Waals surface area contributed by atoms with Crippen LogP contribution in [0.15, 0.2) is 64.7 Å². The van der Waals surface area contributed by atoms with E-state index in [2.05, 4.69) is 22.2 Å². The quantitative estimate of drug-likeness (QED) is 0.201. The van der Waals surface area contributed by atoms with Crippen LogP contribution in [-0.4, -0.2) is 36.8 Å². The highest BCUT2D eigenvalue weighted by atomic mass is 127. The van der Waals surface area contributed by atoms with E-state index in [1.54, 1.807) is 12.3 Å². The van der Waals surface area contributed by atoms with Crippen molar-refractivity contribution in [3.63, 3.8) is 0 Å². The molecule has 1 aromatic heterocycles. The number of halogens is 1. The molecule has 0 saturated heterocycles. The van der Waals surface area contributed by atoms with E-state index in [4.69, 9.17) is 9.15 Å². The fourth-order valence-electron chi connectivity index (χ4n) is 2.43. The fourth-order valence-corrected chi connectivity index (χ4v) is 2.43. The molecule has 7 heteroatoms. The zero-order chi connectivity index (χ0) is 19.5. The van der Waals surface area contributed by atoms with Crippen LogP contribution in [0.3, 0.4) is 0 Å². The number of aliphatic imine (C=N–C) groups is 1. The Morgan fingerprint density at radius 3 is 2.61 bits per heavy atom. The molecule has 28 heavy (non-hydrogen) atoms. The Labute approximate surface area is 184 Å². The van der Waals surface area contributed by atoms with Gasteiger partial charge in [-0.15, -0.1) is 30.6 Å². The molecule has 0 amide bonds. The van der Waals surface area contributed by atoms with E-state index in [-0.39, 0.29) is 36.6 Å². The lowest BCUT2D eigenvalue weighted by atomic mass is 10.1. The summed E-state index contributed by atoms with van der Waals surface area (Å²) >= 11 is 0. The Morgan fingerprint density at radius 2 is 2.00 bits per heavy atom. The summed E-state index contributed by atoms with van der Waals surface area (Å²) in [5, 5.41) is 16.8. The molecule has 1 atom stereocenters. The van der Waals surface area contributed by atoms with Crippen LogP contribution in [-0.2, 0) is 6.42 Å². The molecule has 0 aliphatic rings. The highest BCUT2D eigenvalue weighted by molar-refractivity contribution is 14.0. The Bertz CT molecular complexity index is 700. The molecular formula is C21H30IN3O3. The minimum absolute atomic E-state index is 0. The maximum absolute atomic E-state index is 10.4. The van der Waals surface area contributed by atoms with Crippen molar-refractivity contribution in [1.29, 1.82) is 0 Å². The summed E-state index contributed by atoms with van der Waals surface area (Å²) in [6.45, 7) is 9.17. The molecule has 1 unspecified atom stereocenters. The van der Waals surface area contributed by atoms with Gasteiger partial charge in [0.05, 0.1) is 25.0 Å². The third kappa shape index (κ3) is 8.79. The van der Waals surface area contributed by atoms with E-state index in [9.17, 15) is 5.11 Å². The van der Waals surface area contributed by atoms with Crippen molar-refractivity contribution >= 4 is 29.9 Å². The van der Waals surface area contributed by atoms with Crippen molar-refractivity contribution in [1.82, 2.24) is 10.6 Å². The van der Waals surface area contributed by atoms with Crippen LogP contribution in [0.1, 0.15) is 31.3 Å². The maximum Gasteiger partial charge on any atom is 0.191 e. The number of furan rings is 1. The first kappa shape index (κ1) is 24.0. The molecule has 3 N–H and O–H groups in total. The van der Waals surface area contributed by atoms with E-state index in [0.717, 1.165) is 23.5 Å². The first-order valence-corrected chi connectivity index (χ1v) is 9.18. The Hall–Kier alpha value is -2.00. The van der Waals surface area contributed by atoms with Crippen LogP contribution in [0.25, 0.3) is 0 Å². The van der Waals surface area contributed by atoms with E-state index in [0.29, 0.717) is 19.0 Å². The lowest BCUT2D eigenvalue weighted by Crippen LogP contribution is -2.38. The number of rotatable bonds is 10. The summed E-state index contributed by atoms with van der Waals surface area (Å²) < 4.78 is 10.9. The van der Waals surface area contributed by atoms with Gasteiger partial charge < -0.3 is 24.9 Å². The summed E-state index contributed by atoms with van der Waals surface area (Å²) in [4.78, 5) is 4.46. The summed E-state index contributed by atoms with van der Waals surface area (Å²) in [7, 11) is 0. The number of aliphatic hydroxyl groups is 1. The SMILES string of the molecule is C=CCNC(=NCC(O)c1ccc(OC(C)C)cc1)NCCc1ccco1.I. The molecule has 1 heterocycles. The van der Waals surface area contributed by atoms with E-state index < -0.39 is 6.10 Å². The summed E-state index contributed by atoms with van der Waals surface area (Å²) in [5.74, 6) is 2.33. The van der Waals surface area contributed by atoms with Crippen molar-refractivity contribution in [2.45, 2.75) is 32.5 Å². The topological polar surface area (TPSA) is 79.0 Å². The molecule has 1 aromatic carbocycles. The average molecular weight is 499 g/mol. The smallest absolute Gasteiger partial charge is 0.191 e. The van der Waals surface area contributed by atoms with Crippen molar-refractivity contribution in [3.05, 3.63) is 66.6 Å². The van der Waals surface area contributed by atoms with Gasteiger partial charge >= 0.3 is 0 Å². The van der Waals surface area contributed by atoms with E-state index in [1.165, 1.54) is 0 Å². The maximum atomic E-state index is 10.4. The number of hydrogen-bond acceptors (Lipinski definition) is 4. The van der Waals surface area contributed by atoms with Gasteiger partial charge in [0.2, 0.25) is 0 Å². The van der Waals surface area contributed by atoms with Gasteiger partial charge in [-0.3, -0.25) is 4.99 Å². The van der Waals surface area contributed by atoms with Crippen molar-refractivity contribution in [2.75, 3.05) is 19.6 Å². The second-order valence-corrected chi connectivity index (χ2v) is 6.37. The second kappa shape index (κ2) is 13.2. The summed E-state index contributed by atoms with van der Waals surface area (Å²) in [5.41, 5.74) is 0.800. The van der Waals surface area contributed by atoms with Crippen molar-refractivity contribution < 1.29 is 14.3 Å². The normalized spacial score (nSPS) is 12.2. The van der Waals surface area contributed by atoms with E-state index in [1.807, 2.05) is 50.2 Å². The molecule has 0 radical (unpaired) electrons. The Morgan fingerprint density at radius 1 is 1.25 bits per heavy atom. The minimum atomic E-state index is -0.689. The number of ether oxygens (including phenoxy) is 1. The lowest BCUT2D eigenvalue weighted by Gasteiger charge is -2.14. The van der Waals surface area contributed by atoms with Crippen LogP contribution in [0, 0.1) is 0 Å². The molecule has 2 rings (SSSR count). The first-order valence-electron chi connectivity index (χ1n) is 9.18. The second-order valence-electron chi connectivity index (χ2n) is 6.37. The predicted octanol–water partition coefficient (Wildman–Crippen LogP) is 3.68. The fraction of sp³-hybridized carbons (Fsp3) is 0.381. The standard InChI is InChI=1S/C21H29N3O3.HI/c1-4-12-22-21(23-13-11-18-6-5-14-26-18)24-15-20(25)17-7-9-19(10-8-17)27-16(2)3;/h4-10,14,16,20,25H,1,11-13,15H2,2-3H3,(H2,22,23,24);1H. The number of aliphatic hydroxyl groups excluding tert-OH is 1. The molecule has 0 aliphatic heterocycles. The van der Waals surface area contributed by atoms with Gasteiger partial charge in [0, 0.05) is 19.5 Å². The molecule has 0 bridgehead atoms. The summed E-state index contributed by atoms with van der Waals surface area (Å²) in [6, 6.07) is 11.2. The molecule has 2 aromatic rings. The van der Waals surface area contributed by atoms with Gasteiger partial charge in [-0.05, 0) is 43.7 Å². The summed E-state index contributed by atoms with van der Waals surface area (Å²) in [6.07, 6.45) is 3.60. The third-order valence-electron chi connectivity index (χ3n) is 3.72. The molecular weight excluding hydrogens is 469 g/mol. The van der Waals surface area contributed by atoms with E-state index >= 15 is 0 Å². The van der Waals surface area contributed by atoms with Gasteiger partial charge in [0.15, 0.2) is 5.96 Å². The largest absolute Gasteiger partial charge is 0.491 e. The molecule has 0 saturated carbocycles. The zero-order valence-electron chi connectivity index (χ0n) is 16.4. The van der Waals surface area contributed by atoms with Gasteiger partial charge in [-0.25, -0.2) is 0 Å². The monoisotopic (exact) mass is 499 g/mol. The average Bonchev–Trinajstić information content (AvgIpc) is 3.17. The van der Waals surface area contributed by atoms with Crippen LogP contribution in [0.5, 0.6) is 5.75 Å². The van der Waals surface area contributed by atoms with Crippen LogP contribution < -0.4 is 15.4 Å². The van der Waals surface area contributed by atoms with Gasteiger partial charge in [0.1, 0.15) is 11.5 Å². The number of guanidine groups is 1. The Kier molecular flexibility index (Phi) is 11.4.